The number of halogens is 6. The summed E-state index contributed by atoms with van der Waals surface area (Å²) < 4.78 is 77.7. The van der Waals surface area contributed by atoms with E-state index in [1.54, 1.807) is 0 Å². The van der Waals surface area contributed by atoms with E-state index >= 15 is 0 Å². The van der Waals surface area contributed by atoms with Crippen LogP contribution in [0.15, 0.2) is 28.5 Å². The molecule has 0 fully saturated rings. The lowest BCUT2D eigenvalue weighted by Crippen LogP contribution is -2.40. The molecule has 0 aliphatic heterocycles. The van der Waals surface area contributed by atoms with Gasteiger partial charge in [-0.2, -0.15) is 28.9 Å². The summed E-state index contributed by atoms with van der Waals surface area (Å²) in [5.41, 5.74) is -0.347. The zero-order valence-electron chi connectivity index (χ0n) is 7.49. The SMILES string of the molecule is FC1=C(F)C(F)(F)C(F)(F)C1c1ccsc1. The molecule has 1 unspecified atom stereocenters. The van der Waals surface area contributed by atoms with E-state index in [0.717, 1.165) is 22.8 Å². The molecule has 1 aromatic rings. The minimum Gasteiger partial charge on any atom is -0.208 e. The van der Waals surface area contributed by atoms with Gasteiger partial charge >= 0.3 is 11.8 Å². The van der Waals surface area contributed by atoms with Gasteiger partial charge in [-0.15, -0.1) is 0 Å². The Labute approximate surface area is 90.2 Å². The van der Waals surface area contributed by atoms with E-state index in [0.29, 0.717) is 0 Å². The third-order valence-corrected chi connectivity index (χ3v) is 3.10. The van der Waals surface area contributed by atoms with Crippen LogP contribution in [0.4, 0.5) is 26.3 Å². The minimum absolute atomic E-state index is 0.347. The molecular weight excluding hydrogens is 254 g/mol. The Balaban J connectivity index is 2.56. The van der Waals surface area contributed by atoms with Gasteiger partial charge in [0, 0.05) is 0 Å². The molecule has 1 aromatic heterocycles. The minimum atomic E-state index is -5.08. The maximum atomic E-state index is 13.2. The second-order valence-electron chi connectivity index (χ2n) is 3.35. The van der Waals surface area contributed by atoms with Gasteiger partial charge in [-0.05, 0) is 22.4 Å². The van der Waals surface area contributed by atoms with E-state index in [1.165, 1.54) is 5.38 Å². The van der Waals surface area contributed by atoms with Gasteiger partial charge in [0.15, 0.2) is 5.83 Å². The monoisotopic (exact) mass is 258 g/mol. The van der Waals surface area contributed by atoms with Crippen LogP contribution >= 0.6 is 11.3 Å². The summed E-state index contributed by atoms with van der Waals surface area (Å²) in [4.78, 5) is 0. The van der Waals surface area contributed by atoms with Crippen LogP contribution in [0.3, 0.4) is 0 Å². The Bertz CT molecular complexity index is 433. The fourth-order valence-electron chi connectivity index (χ4n) is 1.56. The Hall–Kier alpha value is -0.980. The average Bonchev–Trinajstić information content (AvgIpc) is 2.72. The van der Waals surface area contributed by atoms with E-state index in [-0.39, 0.29) is 5.56 Å². The molecule has 1 aliphatic rings. The van der Waals surface area contributed by atoms with Crippen molar-refractivity contribution >= 4 is 11.3 Å². The second kappa shape index (κ2) is 3.26. The molecule has 88 valence electrons. The maximum absolute atomic E-state index is 13.2. The van der Waals surface area contributed by atoms with Gasteiger partial charge in [0.1, 0.15) is 5.92 Å². The molecule has 16 heavy (non-hydrogen) atoms. The lowest BCUT2D eigenvalue weighted by atomic mass is 9.96. The van der Waals surface area contributed by atoms with Crippen molar-refractivity contribution in [3.05, 3.63) is 34.0 Å². The summed E-state index contributed by atoms with van der Waals surface area (Å²) in [5, 5.41) is 2.42. The highest BCUT2D eigenvalue weighted by Crippen LogP contribution is 2.59. The Morgan fingerprint density at radius 3 is 2.12 bits per heavy atom. The molecule has 0 aromatic carbocycles. The first-order valence-corrected chi connectivity index (χ1v) is 5.07. The Kier molecular flexibility index (Phi) is 2.34. The number of allylic oxidation sites excluding steroid dienone is 2. The van der Waals surface area contributed by atoms with E-state index < -0.39 is 29.4 Å². The molecule has 0 nitrogen and oxygen atoms in total. The van der Waals surface area contributed by atoms with Crippen molar-refractivity contribution in [1.82, 2.24) is 0 Å². The zero-order chi connectivity index (χ0) is 12.1. The fraction of sp³-hybridized carbons (Fsp3) is 0.333. The van der Waals surface area contributed by atoms with Crippen molar-refractivity contribution in [2.45, 2.75) is 17.8 Å². The largest absolute Gasteiger partial charge is 0.364 e. The van der Waals surface area contributed by atoms with Crippen LogP contribution in [0.2, 0.25) is 0 Å². The van der Waals surface area contributed by atoms with Crippen molar-refractivity contribution < 1.29 is 26.3 Å². The Morgan fingerprint density at radius 1 is 1.12 bits per heavy atom. The molecule has 0 bridgehead atoms. The molecule has 0 spiro atoms. The predicted octanol–water partition coefficient (Wildman–Crippen LogP) is 4.27. The quantitative estimate of drug-likeness (QED) is 0.660. The summed E-state index contributed by atoms with van der Waals surface area (Å²) in [7, 11) is 0. The van der Waals surface area contributed by atoms with E-state index in [2.05, 4.69) is 0 Å². The maximum Gasteiger partial charge on any atom is 0.364 e. The molecular formula is C9H4F6S. The lowest BCUT2D eigenvalue weighted by Gasteiger charge is -2.23. The molecule has 1 atom stereocenters. The van der Waals surface area contributed by atoms with Gasteiger partial charge in [0.05, 0.1) is 0 Å². The fourth-order valence-corrected chi connectivity index (χ4v) is 2.24. The molecule has 1 aliphatic carbocycles. The summed E-state index contributed by atoms with van der Waals surface area (Å²) in [6, 6.07) is 1.07. The van der Waals surface area contributed by atoms with Crippen LogP contribution in [0.25, 0.3) is 0 Å². The third-order valence-electron chi connectivity index (χ3n) is 2.40. The third kappa shape index (κ3) is 1.24. The normalized spacial score (nSPS) is 27.5. The van der Waals surface area contributed by atoms with Gasteiger partial charge in [0.25, 0.3) is 0 Å². The summed E-state index contributed by atoms with van der Waals surface area (Å²) in [6.45, 7) is 0. The van der Waals surface area contributed by atoms with E-state index in [9.17, 15) is 26.3 Å². The van der Waals surface area contributed by atoms with Crippen LogP contribution in [0.5, 0.6) is 0 Å². The van der Waals surface area contributed by atoms with E-state index in [4.69, 9.17) is 0 Å². The van der Waals surface area contributed by atoms with Crippen molar-refractivity contribution in [2.24, 2.45) is 0 Å². The highest BCUT2D eigenvalue weighted by atomic mass is 32.1. The van der Waals surface area contributed by atoms with Crippen molar-refractivity contribution in [3.63, 3.8) is 0 Å². The van der Waals surface area contributed by atoms with Crippen LogP contribution in [-0.2, 0) is 0 Å². The van der Waals surface area contributed by atoms with Crippen LogP contribution < -0.4 is 0 Å². The first-order chi connectivity index (χ1) is 7.30. The molecule has 7 heteroatoms. The van der Waals surface area contributed by atoms with Crippen molar-refractivity contribution in [3.8, 4) is 0 Å². The van der Waals surface area contributed by atoms with Gasteiger partial charge in [-0.1, -0.05) is 0 Å². The van der Waals surface area contributed by atoms with Gasteiger partial charge in [0.2, 0.25) is 5.83 Å². The lowest BCUT2D eigenvalue weighted by molar-refractivity contribution is -0.189. The summed E-state index contributed by atoms with van der Waals surface area (Å²) in [5.74, 6) is -17.2. The summed E-state index contributed by atoms with van der Waals surface area (Å²) >= 11 is 0.941. The highest BCUT2D eigenvalue weighted by Gasteiger charge is 2.72. The first-order valence-electron chi connectivity index (χ1n) is 4.13. The van der Waals surface area contributed by atoms with Crippen LogP contribution in [-0.4, -0.2) is 11.8 Å². The zero-order valence-corrected chi connectivity index (χ0v) is 8.30. The van der Waals surface area contributed by atoms with E-state index in [1.807, 2.05) is 0 Å². The number of alkyl halides is 4. The van der Waals surface area contributed by atoms with Gasteiger partial charge in [-0.3, -0.25) is 0 Å². The van der Waals surface area contributed by atoms with Gasteiger partial charge in [-0.25, -0.2) is 8.78 Å². The van der Waals surface area contributed by atoms with Gasteiger partial charge < -0.3 is 0 Å². The number of rotatable bonds is 1. The second-order valence-corrected chi connectivity index (χ2v) is 4.13. The molecule has 0 amide bonds. The van der Waals surface area contributed by atoms with Crippen molar-refractivity contribution in [2.75, 3.05) is 0 Å². The smallest absolute Gasteiger partial charge is 0.208 e. The van der Waals surface area contributed by atoms with Crippen LogP contribution in [0.1, 0.15) is 11.5 Å². The standard InChI is InChI=1S/C9H4F6S/c10-6-5(4-1-2-16-3-4)8(12,13)9(14,15)7(6)11/h1-3,5H. The molecule has 0 N–H and O–H groups in total. The van der Waals surface area contributed by atoms with Crippen molar-refractivity contribution in [1.29, 1.82) is 0 Å². The number of thiophene rings is 1. The summed E-state index contributed by atoms with van der Waals surface area (Å²) in [6.07, 6.45) is 0. The molecule has 1 heterocycles. The molecule has 2 rings (SSSR count). The highest BCUT2D eigenvalue weighted by molar-refractivity contribution is 7.08. The Morgan fingerprint density at radius 2 is 1.75 bits per heavy atom. The average molecular weight is 258 g/mol. The molecule has 0 saturated carbocycles. The first kappa shape index (κ1) is 11.5. The number of hydrogen-bond donors (Lipinski definition) is 0. The van der Waals surface area contributed by atoms with Crippen LogP contribution in [0, 0.1) is 0 Å². The number of hydrogen-bond acceptors (Lipinski definition) is 1. The topological polar surface area (TPSA) is 0 Å². The molecule has 0 saturated heterocycles. The molecule has 0 radical (unpaired) electrons. The predicted molar refractivity (Wildman–Crippen MR) is 46.2 cm³/mol.